The molecular weight excluding hydrogens is 241 g/mol. The van der Waals surface area contributed by atoms with E-state index in [0.29, 0.717) is 5.75 Å². The second kappa shape index (κ2) is 7.04. The molecule has 0 aromatic carbocycles. The summed E-state index contributed by atoms with van der Waals surface area (Å²) in [5.74, 6) is -0.0551. The van der Waals surface area contributed by atoms with Gasteiger partial charge in [-0.25, -0.2) is 0 Å². The molecule has 0 saturated carbocycles. The average molecular weight is 258 g/mol. The van der Waals surface area contributed by atoms with Crippen molar-refractivity contribution in [2.24, 2.45) is 0 Å². The minimum atomic E-state index is -4.11. The van der Waals surface area contributed by atoms with Crippen LogP contribution in [0.25, 0.3) is 0 Å². The molecule has 2 nitrogen and oxygen atoms in total. The Labute approximate surface area is 97.9 Å². The van der Waals surface area contributed by atoms with E-state index in [1.54, 1.807) is 20.8 Å². The largest absolute Gasteiger partial charge is 0.462 e. The smallest absolute Gasteiger partial charge is 0.389 e. The fraction of sp³-hybridized carbons (Fsp3) is 0.900. The van der Waals surface area contributed by atoms with Crippen LogP contribution in [0, 0.1) is 0 Å². The van der Waals surface area contributed by atoms with Crippen LogP contribution in [0.15, 0.2) is 0 Å². The maximum atomic E-state index is 11.8. The van der Waals surface area contributed by atoms with Crippen LogP contribution in [-0.4, -0.2) is 29.3 Å². The molecule has 0 rings (SSSR count). The van der Waals surface area contributed by atoms with Crippen LogP contribution in [0.4, 0.5) is 13.2 Å². The van der Waals surface area contributed by atoms with Crippen LogP contribution in [0.1, 0.15) is 33.6 Å². The van der Waals surface area contributed by atoms with E-state index in [0.717, 1.165) is 0 Å². The first kappa shape index (κ1) is 15.6. The fourth-order valence-corrected chi connectivity index (χ4v) is 1.79. The van der Waals surface area contributed by atoms with Gasteiger partial charge < -0.3 is 4.74 Å². The lowest BCUT2D eigenvalue weighted by Gasteiger charge is -2.13. The Morgan fingerprint density at radius 3 is 2.31 bits per heavy atom. The monoisotopic (exact) mass is 258 g/mol. The van der Waals surface area contributed by atoms with Gasteiger partial charge in [0.15, 0.2) is 0 Å². The quantitative estimate of drug-likeness (QED) is 0.539. The fourth-order valence-electron chi connectivity index (χ4n) is 0.929. The van der Waals surface area contributed by atoms with Crippen molar-refractivity contribution in [2.75, 3.05) is 5.75 Å². The summed E-state index contributed by atoms with van der Waals surface area (Å²) < 4.78 is 40.4. The van der Waals surface area contributed by atoms with Crippen molar-refractivity contribution in [1.29, 1.82) is 0 Å². The van der Waals surface area contributed by atoms with E-state index in [1.165, 1.54) is 11.8 Å². The average Bonchev–Trinajstić information content (AvgIpc) is 2.09. The van der Waals surface area contributed by atoms with Gasteiger partial charge in [0.1, 0.15) is 0 Å². The van der Waals surface area contributed by atoms with Crippen LogP contribution in [-0.2, 0) is 9.53 Å². The number of halogens is 3. The maximum absolute atomic E-state index is 11.8. The van der Waals surface area contributed by atoms with E-state index in [2.05, 4.69) is 0 Å². The summed E-state index contributed by atoms with van der Waals surface area (Å²) in [6.45, 7) is 5.11. The third-order valence-corrected chi connectivity index (χ3v) is 2.87. The molecule has 0 fully saturated rings. The lowest BCUT2D eigenvalue weighted by atomic mass is 10.3. The van der Waals surface area contributed by atoms with Crippen LogP contribution >= 0.6 is 11.8 Å². The number of carbonyl (C=O) groups excluding carboxylic acids is 1. The Kier molecular flexibility index (Phi) is 6.87. The molecule has 16 heavy (non-hydrogen) atoms. The first-order chi connectivity index (χ1) is 7.22. The van der Waals surface area contributed by atoms with Crippen molar-refractivity contribution in [3.63, 3.8) is 0 Å². The zero-order valence-electron chi connectivity index (χ0n) is 9.63. The van der Waals surface area contributed by atoms with Gasteiger partial charge in [-0.05, 0) is 32.9 Å². The highest BCUT2D eigenvalue weighted by Gasteiger charge is 2.26. The van der Waals surface area contributed by atoms with Crippen molar-refractivity contribution in [2.45, 2.75) is 51.1 Å². The highest BCUT2D eigenvalue weighted by molar-refractivity contribution is 8.00. The van der Waals surface area contributed by atoms with Crippen LogP contribution in [0.2, 0.25) is 0 Å². The molecule has 0 amide bonds. The molecule has 0 aliphatic carbocycles. The van der Waals surface area contributed by atoms with E-state index >= 15 is 0 Å². The molecule has 0 radical (unpaired) electrons. The van der Waals surface area contributed by atoms with Gasteiger partial charge in [-0.15, -0.1) is 11.8 Å². The molecule has 0 N–H and O–H groups in total. The van der Waals surface area contributed by atoms with Crippen molar-refractivity contribution < 1.29 is 22.7 Å². The number of alkyl halides is 3. The SMILES string of the molecule is CC(C)OC(=O)C(C)SCCCC(F)(F)F. The highest BCUT2D eigenvalue weighted by Crippen LogP contribution is 2.23. The molecule has 96 valence electrons. The van der Waals surface area contributed by atoms with E-state index in [-0.39, 0.29) is 18.5 Å². The summed E-state index contributed by atoms with van der Waals surface area (Å²) in [6.07, 6.45) is -5.06. The molecule has 0 saturated heterocycles. The second-order valence-electron chi connectivity index (χ2n) is 3.72. The molecule has 1 unspecified atom stereocenters. The minimum Gasteiger partial charge on any atom is -0.462 e. The molecule has 0 spiro atoms. The summed E-state index contributed by atoms with van der Waals surface area (Å²) >= 11 is 1.19. The van der Waals surface area contributed by atoms with Gasteiger partial charge in [0.25, 0.3) is 0 Å². The normalized spacial score (nSPS) is 13.9. The molecule has 0 bridgehead atoms. The van der Waals surface area contributed by atoms with E-state index in [4.69, 9.17) is 4.74 Å². The lowest BCUT2D eigenvalue weighted by molar-refractivity contribution is -0.146. The van der Waals surface area contributed by atoms with E-state index in [1.807, 2.05) is 0 Å². The Hall–Kier alpha value is -0.390. The van der Waals surface area contributed by atoms with Gasteiger partial charge in [0, 0.05) is 6.42 Å². The Bertz CT molecular complexity index is 217. The molecule has 0 aliphatic heterocycles. The number of hydrogen-bond donors (Lipinski definition) is 0. The van der Waals surface area contributed by atoms with Gasteiger partial charge in [-0.1, -0.05) is 0 Å². The molecule has 0 heterocycles. The number of esters is 1. The Balaban J connectivity index is 3.65. The van der Waals surface area contributed by atoms with E-state index < -0.39 is 17.8 Å². The molecular formula is C10H17F3O2S. The first-order valence-corrected chi connectivity index (χ1v) is 6.16. The van der Waals surface area contributed by atoms with Crippen molar-refractivity contribution in [3.05, 3.63) is 0 Å². The second-order valence-corrected chi connectivity index (χ2v) is 5.17. The van der Waals surface area contributed by atoms with Crippen molar-refractivity contribution in [1.82, 2.24) is 0 Å². The third kappa shape index (κ3) is 8.88. The number of hydrogen-bond acceptors (Lipinski definition) is 3. The van der Waals surface area contributed by atoms with Crippen molar-refractivity contribution >= 4 is 17.7 Å². The Morgan fingerprint density at radius 1 is 1.31 bits per heavy atom. The third-order valence-electron chi connectivity index (χ3n) is 1.66. The van der Waals surface area contributed by atoms with E-state index in [9.17, 15) is 18.0 Å². The predicted molar refractivity (Wildman–Crippen MR) is 58.4 cm³/mol. The first-order valence-electron chi connectivity index (χ1n) is 5.11. The summed E-state index contributed by atoms with van der Waals surface area (Å²) in [5.41, 5.74) is 0. The minimum absolute atomic E-state index is 0.0352. The van der Waals surface area contributed by atoms with Gasteiger partial charge in [0.05, 0.1) is 11.4 Å². The summed E-state index contributed by atoms with van der Waals surface area (Å²) in [4.78, 5) is 11.3. The van der Waals surface area contributed by atoms with Crippen LogP contribution < -0.4 is 0 Å². The van der Waals surface area contributed by atoms with Gasteiger partial charge in [0.2, 0.25) is 0 Å². The summed E-state index contributed by atoms with van der Waals surface area (Å²) in [7, 11) is 0. The number of rotatable bonds is 6. The Morgan fingerprint density at radius 2 is 1.88 bits per heavy atom. The summed E-state index contributed by atoms with van der Waals surface area (Å²) in [5, 5.41) is -0.407. The topological polar surface area (TPSA) is 26.3 Å². The molecule has 0 aromatic rings. The number of ether oxygens (including phenoxy) is 1. The zero-order valence-corrected chi connectivity index (χ0v) is 10.5. The zero-order chi connectivity index (χ0) is 12.8. The van der Waals surface area contributed by atoms with Gasteiger partial charge in [-0.3, -0.25) is 4.79 Å². The van der Waals surface area contributed by atoms with Gasteiger partial charge in [-0.2, -0.15) is 13.2 Å². The molecule has 1 atom stereocenters. The standard InChI is InChI=1S/C10H17F3O2S/c1-7(2)15-9(14)8(3)16-6-4-5-10(11,12)13/h7-8H,4-6H2,1-3H3. The van der Waals surface area contributed by atoms with Crippen molar-refractivity contribution in [3.8, 4) is 0 Å². The predicted octanol–water partition coefficient (Wildman–Crippen LogP) is 3.40. The highest BCUT2D eigenvalue weighted by atomic mass is 32.2. The molecule has 0 aromatic heterocycles. The molecule has 0 aliphatic rings. The number of carbonyl (C=O) groups is 1. The lowest BCUT2D eigenvalue weighted by Crippen LogP contribution is -2.21. The molecule has 6 heteroatoms. The summed E-state index contributed by atoms with van der Waals surface area (Å²) in [6, 6.07) is 0. The van der Waals surface area contributed by atoms with Crippen LogP contribution in [0.3, 0.4) is 0 Å². The van der Waals surface area contributed by atoms with Gasteiger partial charge >= 0.3 is 12.1 Å². The number of thioether (sulfide) groups is 1. The van der Waals surface area contributed by atoms with Crippen LogP contribution in [0.5, 0.6) is 0 Å². The maximum Gasteiger partial charge on any atom is 0.389 e.